The van der Waals surface area contributed by atoms with Gasteiger partial charge in [0, 0.05) is 12.1 Å². The molecule has 96 valence electrons. The van der Waals surface area contributed by atoms with Crippen molar-refractivity contribution in [3.8, 4) is 0 Å². The van der Waals surface area contributed by atoms with E-state index in [1.54, 1.807) is 17.4 Å². The highest BCUT2D eigenvalue weighted by atomic mass is 32.1. The molecule has 5 heteroatoms. The van der Waals surface area contributed by atoms with Gasteiger partial charge in [0.05, 0.1) is 13.4 Å². The largest absolute Gasteiger partial charge is 0.463 e. The van der Waals surface area contributed by atoms with Crippen molar-refractivity contribution >= 4 is 17.3 Å². The van der Waals surface area contributed by atoms with Crippen molar-refractivity contribution in [3.63, 3.8) is 0 Å². The Labute approximate surface area is 110 Å². The van der Waals surface area contributed by atoms with Gasteiger partial charge in [-0.25, -0.2) is 4.79 Å². The van der Waals surface area contributed by atoms with E-state index in [0.717, 1.165) is 18.5 Å². The Morgan fingerprint density at radius 2 is 2.39 bits per heavy atom. The monoisotopic (exact) mass is 265 g/mol. The lowest BCUT2D eigenvalue weighted by Gasteiger charge is -2.03. The summed E-state index contributed by atoms with van der Waals surface area (Å²) in [5.41, 5.74) is 2.15. The first-order valence-corrected chi connectivity index (χ1v) is 6.62. The van der Waals surface area contributed by atoms with Crippen LogP contribution in [0.1, 0.15) is 21.7 Å². The first-order chi connectivity index (χ1) is 8.81. The van der Waals surface area contributed by atoms with E-state index in [2.05, 4.69) is 26.9 Å². The van der Waals surface area contributed by atoms with Crippen LogP contribution in [0.15, 0.2) is 33.6 Å². The molecule has 0 spiro atoms. The van der Waals surface area contributed by atoms with Crippen LogP contribution in [0.5, 0.6) is 0 Å². The summed E-state index contributed by atoms with van der Waals surface area (Å²) >= 11 is 1.70. The molecule has 0 fully saturated rings. The van der Waals surface area contributed by atoms with E-state index >= 15 is 0 Å². The molecule has 18 heavy (non-hydrogen) atoms. The van der Waals surface area contributed by atoms with Gasteiger partial charge in [-0.3, -0.25) is 0 Å². The molecule has 2 heterocycles. The Balaban J connectivity index is 1.80. The van der Waals surface area contributed by atoms with Crippen LogP contribution in [-0.4, -0.2) is 19.6 Å². The first kappa shape index (κ1) is 12.9. The zero-order valence-electron chi connectivity index (χ0n) is 10.1. The highest BCUT2D eigenvalue weighted by Crippen LogP contribution is 2.11. The second-order valence-corrected chi connectivity index (χ2v) is 4.60. The second kappa shape index (κ2) is 6.37. The van der Waals surface area contributed by atoms with Crippen molar-refractivity contribution in [2.45, 2.75) is 13.0 Å². The van der Waals surface area contributed by atoms with Crippen LogP contribution in [-0.2, 0) is 17.7 Å². The van der Waals surface area contributed by atoms with Gasteiger partial charge >= 0.3 is 5.97 Å². The van der Waals surface area contributed by atoms with Gasteiger partial charge in [-0.2, -0.15) is 11.3 Å². The first-order valence-electron chi connectivity index (χ1n) is 5.67. The second-order valence-electron chi connectivity index (χ2n) is 3.82. The Morgan fingerprint density at radius 1 is 1.50 bits per heavy atom. The molecule has 0 saturated heterocycles. The number of hydrogen-bond donors (Lipinski definition) is 1. The third-order valence-electron chi connectivity index (χ3n) is 2.60. The molecule has 0 aromatic carbocycles. The lowest BCUT2D eigenvalue weighted by molar-refractivity contribution is 0.0563. The summed E-state index contributed by atoms with van der Waals surface area (Å²) < 4.78 is 9.75. The predicted molar refractivity (Wildman–Crippen MR) is 69.8 cm³/mol. The maximum Gasteiger partial charge on any atom is 0.374 e. The van der Waals surface area contributed by atoms with E-state index in [4.69, 9.17) is 4.42 Å². The molecule has 0 atom stereocenters. The highest BCUT2D eigenvalue weighted by molar-refractivity contribution is 7.07. The molecule has 0 amide bonds. The maximum atomic E-state index is 11.4. The summed E-state index contributed by atoms with van der Waals surface area (Å²) in [6.45, 7) is 1.47. The third kappa shape index (κ3) is 3.21. The van der Waals surface area contributed by atoms with Crippen LogP contribution >= 0.6 is 11.3 Å². The number of thiophene rings is 1. The molecule has 1 N–H and O–H groups in total. The van der Waals surface area contributed by atoms with Crippen LogP contribution in [0.25, 0.3) is 0 Å². The fourth-order valence-electron chi connectivity index (χ4n) is 1.64. The van der Waals surface area contributed by atoms with E-state index in [9.17, 15) is 4.79 Å². The molecule has 0 aliphatic carbocycles. The number of hydrogen-bond acceptors (Lipinski definition) is 5. The lowest BCUT2D eigenvalue weighted by atomic mass is 10.2. The fraction of sp³-hybridized carbons (Fsp3) is 0.308. The van der Waals surface area contributed by atoms with Gasteiger partial charge in [-0.15, -0.1) is 0 Å². The summed E-state index contributed by atoms with van der Waals surface area (Å²) in [5.74, 6) is -0.157. The summed E-state index contributed by atoms with van der Waals surface area (Å²) in [5, 5.41) is 7.49. The molecular formula is C13H15NO3S. The molecule has 2 aromatic rings. The van der Waals surface area contributed by atoms with Crippen molar-refractivity contribution in [3.05, 3.63) is 46.0 Å². The number of methoxy groups -OCH3 is 1. The van der Waals surface area contributed by atoms with E-state index < -0.39 is 5.97 Å². The van der Waals surface area contributed by atoms with Gasteiger partial charge in [0.2, 0.25) is 5.76 Å². The average Bonchev–Trinajstić information content (AvgIpc) is 3.04. The number of rotatable bonds is 6. The molecule has 0 radical (unpaired) electrons. The number of furan rings is 1. The van der Waals surface area contributed by atoms with E-state index in [1.807, 2.05) is 0 Å². The topological polar surface area (TPSA) is 51.5 Å². The Morgan fingerprint density at radius 3 is 3.11 bits per heavy atom. The van der Waals surface area contributed by atoms with Crippen molar-refractivity contribution in [2.75, 3.05) is 13.7 Å². The molecule has 0 aliphatic rings. The van der Waals surface area contributed by atoms with Crippen LogP contribution in [0.3, 0.4) is 0 Å². The molecule has 0 aliphatic heterocycles. The summed E-state index contributed by atoms with van der Waals surface area (Å²) in [4.78, 5) is 11.4. The quantitative estimate of drug-likeness (QED) is 0.644. The highest BCUT2D eigenvalue weighted by Gasteiger charge is 2.14. The van der Waals surface area contributed by atoms with Crippen LogP contribution in [0.4, 0.5) is 0 Å². The van der Waals surface area contributed by atoms with Crippen molar-refractivity contribution in [2.24, 2.45) is 0 Å². The van der Waals surface area contributed by atoms with E-state index in [0.29, 0.717) is 6.54 Å². The smallest absolute Gasteiger partial charge is 0.374 e. The predicted octanol–water partition coefficient (Wildman–Crippen LogP) is 2.46. The zero-order chi connectivity index (χ0) is 12.8. The van der Waals surface area contributed by atoms with Gasteiger partial charge in [0.15, 0.2) is 0 Å². The minimum Gasteiger partial charge on any atom is -0.463 e. The Bertz CT molecular complexity index is 490. The molecular weight excluding hydrogens is 250 g/mol. The third-order valence-corrected chi connectivity index (χ3v) is 3.34. The molecule has 4 nitrogen and oxygen atoms in total. The van der Waals surface area contributed by atoms with Crippen LogP contribution in [0.2, 0.25) is 0 Å². The van der Waals surface area contributed by atoms with Crippen LogP contribution in [0, 0.1) is 0 Å². The van der Waals surface area contributed by atoms with Gasteiger partial charge in [-0.05, 0) is 41.4 Å². The van der Waals surface area contributed by atoms with Crippen molar-refractivity contribution in [1.29, 1.82) is 0 Å². The van der Waals surface area contributed by atoms with Gasteiger partial charge in [0.25, 0.3) is 0 Å². The Hall–Kier alpha value is -1.59. The summed E-state index contributed by atoms with van der Waals surface area (Å²) in [6.07, 6.45) is 2.48. The fourth-order valence-corrected chi connectivity index (χ4v) is 2.34. The van der Waals surface area contributed by atoms with Gasteiger partial charge in [0.1, 0.15) is 0 Å². The summed E-state index contributed by atoms with van der Waals surface area (Å²) in [7, 11) is 1.35. The normalized spacial score (nSPS) is 10.5. The van der Waals surface area contributed by atoms with Crippen LogP contribution < -0.4 is 5.32 Å². The van der Waals surface area contributed by atoms with Crippen molar-refractivity contribution < 1.29 is 13.9 Å². The standard InChI is InChI=1S/C13H15NO3S/c1-16-13(15)12-11(3-6-17-12)8-14-5-2-10-4-7-18-9-10/h3-4,6-7,9,14H,2,5,8H2,1H3. The van der Waals surface area contributed by atoms with E-state index in [1.165, 1.54) is 18.9 Å². The number of carbonyl (C=O) groups is 1. The number of esters is 1. The lowest BCUT2D eigenvalue weighted by Crippen LogP contribution is -2.17. The molecule has 0 unspecified atom stereocenters. The number of carbonyl (C=O) groups excluding carboxylic acids is 1. The molecule has 0 bridgehead atoms. The SMILES string of the molecule is COC(=O)c1occc1CNCCc1ccsc1. The molecule has 0 saturated carbocycles. The molecule has 2 aromatic heterocycles. The van der Waals surface area contributed by atoms with Crippen molar-refractivity contribution in [1.82, 2.24) is 5.32 Å². The average molecular weight is 265 g/mol. The van der Waals surface area contributed by atoms with E-state index in [-0.39, 0.29) is 5.76 Å². The Kier molecular flexibility index (Phi) is 4.55. The van der Waals surface area contributed by atoms with Gasteiger partial charge in [-0.1, -0.05) is 0 Å². The minimum atomic E-state index is -0.436. The minimum absolute atomic E-state index is 0.278. The van der Waals surface area contributed by atoms with Gasteiger partial charge < -0.3 is 14.5 Å². The number of ether oxygens (including phenoxy) is 1. The molecule has 2 rings (SSSR count). The summed E-state index contributed by atoms with van der Waals surface area (Å²) in [6, 6.07) is 3.90. The maximum absolute atomic E-state index is 11.4. The number of nitrogens with one attached hydrogen (secondary N) is 1. The zero-order valence-corrected chi connectivity index (χ0v) is 11.0.